The highest BCUT2D eigenvalue weighted by Crippen LogP contribution is 2.23. The van der Waals surface area contributed by atoms with Crippen LogP contribution >= 0.6 is 0 Å². The predicted molar refractivity (Wildman–Crippen MR) is 119 cm³/mol. The van der Waals surface area contributed by atoms with Crippen LogP contribution in [0.15, 0.2) is 61.2 Å². The summed E-state index contributed by atoms with van der Waals surface area (Å²) in [5, 5.41) is 3.22. The topological polar surface area (TPSA) is 101 Å². The number of benzene rings is 1. The van der Waals surface area contributed by atoms with E-state index in [2.05, 4.69) is 20.3 Å². The smallest absolute Gasteiger partial charge is 0.274 e. The molecular weight excluding hydrogens is 408 g/mol. The molecule has 1 aliphatic heterocycles. The lowest BCUT2D eigenvalue weighted by Crippen LogP contribution is -2.50. The molecule has 3 heterocycles. The van der Waals surface area contributed by atoms with Gasteiger partial charge < -0.3 is 19.9 Å². The van der Waals surface area contributed by atoms with Gasteiger partial charge in [0.1, 0.15) is 17.3 Å². The van der Waals surface area contributed by atoms with Crippen molar-refractivity contribution in [1.29, 1.82) is 0 Å². The van der Waals surface area contributed by atoms with Crippen molar-refractivity contribution in [1.82, 2.24) is 24.8 Å². The van der Waals surface area contributed by atoms with Crippen LogP contribution in [-0.2, 0) is 0 Å². The lowest BCUT2D eigenvalue weighted by Gasteiger charge is -2.34. The molecule has 0 spiro atoms. The van der Waals surface area contributed by atoms with Gasteiger partial charge in [0, 0.05) is 50.5 Å². The first-order valence-electron chi connectivity index (χ1n) is 10.4. The highest BCUT2D eigenvalue weighted by Gasteiger charge is 2.27. The minimum atomic E-state index is -0.176. The summed E-state index contributed by atoms with van der Waals surface area (Å²) in [5.41, 5.74) is 1.59. The molecule has 1 aromatic carbocycles. The monoisotopic (exact) mass is 432 g/mol. The van der Waals surface area contributed by atoms with Gasteiger partial charge in [0.25, 0.3) is 11.8 Å². The van der Waals surface area contributed by atoms with E-state index in [1.54, 1.807) is 28.1 Å². The molecule has 0 unspecified atom stereocenters. The van der Waals surface area contributed by atoms with E-state index in [9.17, 15) is 9.59 Å². The first kappa shape index (κ1) is 21.2. The molecule has 0 bridgehead atoms. The van der Waals surface area contributed by atoms with E-state index in [0.29, 0.717) is 49.9 Å². The summed E-state index contributed by atoms with van der Waals surface area (Å²) in [6, 6.07) is 11.0. The van der Waals surface area contributed by atoms with Crippen LogP contribution in [0.3, 0.4) is 0 Å². The zero-order valence-corrected chi connectivity index (χ0v) is 17.8. The number of aromatic nitrogens is 3. The molecule has 9 nitrogen and oxygen atoms in total. The summed E-state index contributed by atoms with van der Waals surface area (Å²) in [6.07, 6.45) is 6.12. The molecule has 4 rings (SSSR count). The molecule has 0 radical (unpaired) electrons. The Kier molecular flexibility index (Phi) is 6.54. The number of carbonyl (C=O) groups is 2. The van der Waals surface area contributed by atoms with Crippen molar-refractivity contribution in [3.63, 3.8) is 0 Å². The van der Waals surface area contributed by atoms with E-state index in [1.807, 2.05) is 31.2 Å². The van der Waals surface area contributed by atoms with Crippen molar-refractivity contribution < 1.29 is 14.3 Å². The van der Waals surface area contributed by atoms with E-state index in [4.69, 9.17) is 4.74 Å². The van der Waals surface area contributed by atoms with Gasteiger partial charge in [-0.3, -0.25) is 14.6 Å². The molecule has 1 N–H and O–H groups in total. The fourth-order valence-corrected chi connectivity index (χ4v) is 3.47. The second kappa shape index (κ2) is 9.86. The Balaban J connectivity index is 1.41. The first-order valence-corrected chi connectivity index (χ1v) is 10.4. The fourth-order valence-electron chi connectivity index (χ4n) is 3.47. The van der Waals surface area contributed by atoms with Gasteiger partial charge in [-0.1, -0.05) is 0 Å². The van der Waals surface area contributed by atoms with Crippen LogP contribution in [0.4, 0.5) is 11.5 Å². The maximum absolute atomic E-state index is 13.2. The molecule has 2 aromatic heterocycles. The number of rotatable bonds is 6. The van der Waals surface area contributed by atoms with E-state index < -0.39 is 0 Å². The summed E-state index contributed by atoms with van der Waals surface area (Å²) in [7, 11) is 0. The highest BCUT2D eigenvalue weighted by molar-refractivity contribution is 5.99. The number of nitrogens with one attached hydrogen (secondary N) is 1. The molecule has 164 valence electrons. The standard InChI is InChI=1S/C23H24N6O3/c1-2-32-18-7-5-17(6-8-18)27-21-19(4-3-9-26-21)22(30)28-12-14-29(15-13-28)23(31)20-16-24-10-11-25-20/h3-11,16H,2,12-15H2,1H3,(H,26,27). The number of anilines is 2. The zero-order chi connectivity index (χ0) is 22.3. The normalized spacial score (nSPS) is 13.5. The Morgan fingerprint density at radius 1 is 0.938 bits per heavy atom. The Hall–Kier alpha value is -4.01. The van der Waals surface area contributed by atoms with Crippen LogP contribution in [0, 0.1) is 0 Å². The third-order valence-electron chi connectivity index (χ3n) is 5.10. The molecule has 0 aliphatic carbocycles. The number of hydrogen-bond donors (Lipinski definition) is 1. The number of piperazine rings is 1. The Bertz CT molecular complexity index is 1070. The van der Waals surface area contributed by atoms with Crippen LogP contribution in [0.1, 0.15) is 27.8 Å². The fraction of sp³-hybridized carbons (Fsp3) is 0.261. The van der Waals surface area contributed by atoms with Crippen LogP contribution < -0.4 is 10.1 Å². The van der Waals surface area contributed by atoms with Gasteiger partial charge in [-0.2, -0.15) is 0 Å². The molecule has 0 atom stereocenters. The molecule has 0 saturated carbocycles. The lowest BCUT2D eigenvalue weighted by atomic mass is 10.2. The number of ether oxygens (including phenoxy) is 1. The van der Waals surface area contributed by atoms with Gasteiger partial charge in [-0.15, -0.1) is 0 Å². The van der Waals surface area contributed by atoms with Gasteiger partial charge in [-0.05, 0) is 43.3 Å². The Labute approximate surface area is 186 Å². The van der Waals surface area contributed by atoms with Gasteiger partial charge in [-0.25, -0.2) is 9.97 Å². The maximum atomic E-state index is 13.2. The number of pyridine rings is 1. The van der Waals surface area contributed by atoms with E-state index in [-0.39, 0.29) is 11.8 Å². The van der Waals surface area contributed by atoms with Gasteiger partial charge in [0.05, 0.1) is 18.4 Å². The number of amides is 2. The summed E-state index contributed by atoms with van der Waals surface area (Å²) < 4.78 is 5.47. The number of hydrogen-bond acceptors (Lipinski definition) is 7. The first-order chi connectivity index (χ1) is 15.7. The largest absolute Gasteiger partial charge is 0.494 e. The summed E-state index contributed by atoms with van der Waals surface area (Å²) in [5.74, 6) is 0.964. The van der Waals surface area contributed by atoms with Crippen LogP contribution in [0.2, 0.25) is 0 Å². The third kappa shape index (κ3) is 4.83. The second-order valence-electron chi connectivity index (χ2n) is 7.16. The van der Waals surface area contributed by atoms with Crippen molar-refractivity contribution in [3.8, 4) is 5.75 Å². The summed E-state index contributed by atoms with van der Waals surface area (Å²) >= 11 is 0. The predicted octanol–water partition coefficient (Wildman–Crippen LogP) is 2.61. The minimum absolute atomic E-state index is 0.127. The SMILES string of the molecule is CCOc1ccc(Nc2ncccc2C(=O)N2CCN(C(=O)c3cnccn3)CC2)cc1. The lowest BCUT2D eigenvalue weighted by molar-refractivity contribution is 0.0532. The number of nitrogens with zero attached hydrogens (tertiary/aromatic N) is 5. The van der Waals surface area contributed by atoms with Gasteiger partial charge in [0.15, 0.2) is 0 Å². The van der Waals surface area contributed by atoms with Crippen molar-refractivity contribution in [2.75, 3.05) is 38.1 Å². The van der Waals surface area contributed by atoms with Crippen molar-refractivity contribution in [3.05, 3.63) is 72.4 Å². The molecule has 32 heavy (non-hydrogen) atoms. The Morgan fingerprint density at radius 2 is 1.66 bits per heavy atom. The average molecular weight is 432 g/mol. The summed E-state index contributed by atoms with van der Waals surface area (Å²) in [4.78, 5) is 41.6. The molecular formula is C23H24N6O3. The van der Waals surface area contributed by atoms with Crippen LogP contribution in [0.25, 0.3) is 0 Å². The third-order valence-corrected chi connectivity index (χ3v) is 5.10. The second-order valence-corrected chi connectivity index (χ2v) is 7.16. The van der Waals surface area contributed by atoms with E-state index in [1.165, 1.54) is 18.6 Å². The zero-order valence-electron chi connectivity index (χ0n) is 17.8. The Morgan fingerprint density at radius 3 is 2.31 bits per heavy atom. The molecule has 1 aliphatic rings. The van der Waals surface area contributed by atoms with Crippen molar-refractivity contribution >= 4 is 23.3 Å². The maximum Gasteiger partial charge on any atom is 0.274 e. The highest BCUT2D eigenvalue weighted by atomic mass is 16.5. The minimum Gasteiger partial charge on any atom is -0.494 e. The van der Waals surface area contributed by atoms with Gasteiger partial charge in [0.2, 0.25) is 0 Å². The van der Waals surface area contributed by atoms with Crippen LogP contribution in [0.5, 0.6) is 5.75 Å². The van der Waals surface area contributed by atoms with Crippen molar-refractivity contribution in [2.24, 2.45) is 0 Å². The molecule has 1 saturated heterocycles. The molecule has 1 fully saturated rings. The quantitative estimate of drug-likeness (QED) is 0.639. The average Bonchev–Trinajstić information content (AvgIpc) is 2.85. The summed E-state index contributed by atoms with van der Waals surface area (Å²) in [6.45, 7) is 4.27. The van der Waals surface area contributed by atoms with Gasteiger partial charge >= 0.3 is 0 Å². The molecule has 3 aromatic rings. The van der Waals surface area contributed by atoms with Crippen LogP contribution in [-0.4, -0.2) is 69.4 Å². The molecule has 2 amide bonds. The molecule has 9 heteroatoms. The van der Waals surface area contributed by atoms with E-state index in [0.717, 1.165) is 11.4 Å². The number of carbonyl (C=O) groups excluding carboxylic acids is 2. The van der Waals surface area contributed by atoms with Crippen molar-refractivity contribution in [2.45, 2.75) is 6.92 Å². The van der Waals surface area contributed by atoms with E-state index >= 15 is 0 Å².